The first-order valence-electron chi connectivity index (χ1n) is 8.59. The first kappa shape index (κ1) is 20.4. The third kappa shape index (κ3) is 5.06. The Morgan fingerprint density at radius 3 is 2.46 bits per heavy atom. The van der Waals surface area contributed by atoms with E-state index in [4.69, 9.17) is 4.74 Å². The van der Waals surface area contributed by atoms with Crippen LogP contribution in [0.25, 0.3) is 0 Å². The molecule has 1 fully saturated rings. The molecule has 6 nitrogen and oxygen atoms in total. The predicted octanol–water partition coefficient (Wildman–Crippen LogP) is 2.99. The number of likely N-dealkylation sites (N-methyl/N-ethyl adjacent to an activating group) is 1. The van der Waals surface area contributed by atoms with Gasteiger partial charge in [0.15, 0.2) is 6.04 Å². The summed E-state index contributed by atoms with van der Waals surface area (Å²) in [6.07, 6.45) is 1.22. The van der Waals surface area contributed by atoms with Crippen LogP contribution >= 0.6 is 15.9 Å². The number of benzene rings is 1. The standard InChI is InChI=1S/C19H25BrN2O4/c1-19(2,3)26-17(24)15-12-21(4)18(25)22(15)16(23)14(20)11-10-13-8-6-5-7-9-13/h5-9,14-15H,10-12H2,1-4H3/t14?,15-/m0/s1. The number of imide groups is 1. The summed E-state index contributed by atoms with van der Waals surface area (Å²) in [5.74, 6) is -0.975. The van der Waals surface area contributed by atoms with Crippen LogP contribution in [-0.4, -0.2) is 57.8 Å². The molecule has 1 saturated heterocycles. The van der Waals surface area contributed by atoms with Crippen molar-refractivity contribution < 1.29 is 19.1 Å². The fourth-order valence-corrected chi connectivity index (χ4v) is 3.20. The van der Waals surface area contributed by atoms with Crippen molar-refractivity contribution in [2.45, 2.75) is 50.1 Å². The molecule has 0 aliphatic carbocycles. The lowest BCUT2D eigenvalue weighted by Gasteiger charge is -2.26. The second-order valence-electron chi connectivity index (χ2n) is 7.41. The molecule has 1 aliphatic heterocycles. The maximum absolute atomic E-state index is 12.8. The molecular weight excluding hydrogens is 400 g/mol. The van der Waals surface area contributed by atoms with Crippen molar-refractivity contribution in [2.24, 2.45) is 0 Å². The Kier molecular flexibility index (Phi) is 6.44. The zero-order valence-electron chi connectivity index (χ0n) is 15.6. The molecule has 2 rings (SSSR count). The second kappa shape index (κ2) is 8.20. The Morgan fingerprint density at radius 2 is 1.88 bits per heavy atom. The number of rotatable bonds is 5. The van der Waals surface area contributed by atoms with E-state index in [0.29, 0.717) is 12.8 Å². The monoisotopic (exact) mass is 424 g/mol. The molecule has 142 valence electrons. The van der Waals surface area contributed by atoms with E-state index < -0.39 is 34.4 Å². The number of ether oxygens (including phenoxy) is 1. The van der Waals surface area contributed by atoms with Gasteiger partial charge in [-0.15, -0.1) is 0 Å². The highest BCUT2D eigenvalue weighted by atomic mass is 79.9. The number of carbonyl (C=O) groups is 3. The Bertz CT molecular complexity index is 672. The molecule has 1 heterocycles. The highest BCUT2D eigenvalue weighted by molar-refractivity contribution is 9.10. The predicted molar refractivity (Wildman–Crippen MR) is 102 cm³/mol. The summed E-state index contributed by atoms with van der Waals surface area (Å²) in [6.45, 7) is 5.40. The van der Waals surface area contributed by atoms with Crippen molar-refractivity contribution in [1.82, 2.24) is 9.80 Å². The maximum atomic E-state index is 12.8. The molecule has 26 heavy (non-hydrogen) atoms. The summed E-state index contributed by atoms with van der Waals surface area (Å²) < 4.78 is 5.38. The number of alkyl halides is 1. The van der Waals surface area contributed by atoms with E-state index in [0.717, 1.165) is 10.5 Å². The first-order chi connectivity index (χ1) is 12.1. The van der Waals surface area contributed by atoms with Crippen LogP contribution in [0.4, 0.5) is 4.79 Å². The topological polar surface area (TPSA) is 66.9 Å². The lowest BCUT2D eigenvalue weighted by atomic mass is 10.1. The van der Waals surface area contributed by atoms with Gasteiger partial charge in [0.25, 0.3) is 0 Å². The number of halogens is 1. The number of amides is 3. The number of urea groups is 1. The van der Waals surface area contributed by atoms with E-state index in [2.05, 4.69) is 15.9 Å². The van der Waals surface area contributed by atoms with Crippen LogP contribution in [0.5, 0.6) is 0 Å². The van der Waals surface area contributed by atoms with Crippen molar-refractivity contribution in [2.75, 3.05) is 13.6 Å². The van der Waals surface area contributed by atoms with Crippen molar-refractivity contribution in [3.63, 3.8) is 0 Å². The molecule has 1 aromatic carbocycles. The van der Waals surface area contributed by atoms with Crippen molar-refractivity contribution in [3.8, 4) is 0 Å². The number of aryl methyl sites for hydroxylation is 1. The van der Waals surface area contributed by atoms with Gasteiger partial charge in [-0.3, -0.25) is 4.79 Å². The molecule has 0 spiro atoms. The lowest BCUT2D eigenvalue weighted by molar-refractivity contribution is -0.161. The number of esters is 1. The minimum Gasteiger partial charge on any atom is -0.458 e. The third-order valence-electron chi connectivity index (χ3n) is 4.00. The molecule has 0 N–H and O–H groups in total. The van der Waals surface area contributed by atoms with Crippen molar-refractivity contribution >= 4 is 33.8 Å². The van der Waals surface area contributed by atoms with Crippen LogP contribution in [0.3, 0.4) is 0 Å². The number of hydrogen-bond acceptors (Lipinski definition) is 4. The quantitative estimate of drug-likeness (QED) is 0.538. The maximum Gasteiger partial charge on any atom is 0.331 e. The molecule has 0 saturated carbocycles. The average Bonchev–Trinajstić information content (AvgIpc) is 2.87. The van der Waals surface area contributed by atoms with Gasteiger partial charge >= 0.3 is 12.0 Å². The molecule has 1 aromatic rings. The molecule has 0 radical (unpaired) electrons. The van der Waals surface area contributed by atoms with Crippen LogP contribution in [0.2, 0.25) is 0 Å². The highest BCUT2D eigenvalue weighted by Crippen LogP contribution is 2.23. The van der Waals surface area contributed by atoms with Crippen LogP contribution < -0.4 is 0 Å². The molecule has 1 unspecified atom stereocenters. The van der Waals surface area contributed by atoms with Gasteiger partial charge in [-0.2, -0.15) is 0 Å². The molecule has 3 amide bonds. The number of carbonyl (C=O) groups excluding carboxylic acids is 3. The van der Waals surface area contributed by atoms with Gasteiger partial charge in [0.1, 0.15) is 5.60 Å². The fraction of sp³-hybridized carbons (Fsp3) is 0.526. The lowest BCUT2D eigenvalue weighted by Crippen LogP contribution is -2.48. The first-order valence-corrected chi connectivity index (χ1v) is 9.51. The van der Waals surface area contributed by atoms with Gasteiger partial charge in [-0.25, -0.2) is 14.5 Å². The number of nitrogens with zero attached hydrogens (tertiary/aromatic N) is 2. The Hall–Kier alpha value is -1.89. The van der Waals surface area contributed by atoms with Gasteiger partial charge in [0, 0.05) is 7.05 Å². The zero-order valence-corrected chi connectivity index (χ0v) is 17.2. The van der Waals surface area contributed by atoms with Crippen molar-refractivity contribution in [1.29, 1.82) is 0 Å². The zero-order chi connectivity index (χ0) is 19.5. The molecule has 0 aromatic heterocycles. The van der Waals surface area contributed by atoms with Crippen LogP contribution in [-0.2, 0) is 20.7 Å². The summed E-state index contributed by atoms with van der Waals surface area (Å²) in [5, 5.41) is 0. The Balaban J connectivity index is 2.07. The van der Waals surface area contributed by atoms with Crippen LogP contribution in [0.1, 0.15) is 32.8 Å². The summed E-state index contributed by atoms with van der Waals surface area (Å²) in [5.41, 5.74) is 0.426. The number of hydrogen-bond donors (Lipinski definition) is 0. The van der Waals surface area contributed by atoms with Gasteiger partial charge in [0.2, 0.25) is 5.91 Å². The SMILES string of the molecule is CN1C[C@@H](C(=O)OC(C)(C)C)N(C(=O)C(Br)CCc2ccccc2)C1=O. The summed E-state index contributed by atoms with van der Waals surface area (Å²) in [7, 11) is 1.57. The van der Waals surface area contributed by atoms with Gasteiger partial charge < -0.3 is 9.64 Å². The smallest absolute Gasteiger partial charge is 0.331 e. The van der Waals surface area contributed by atoms with Crippen molar-refractivity contribution in [3.05, 3.63) is 35.9 Å². The minimum atomic E-state index is -0.920. The molecule has 1 aliphatic rings. The van der Waals surface area contributed by atoms with Gasteiger partial charge in [-0.05, 0) is 39.2 Å². The molecular formula is C19H25BrN2O4. The van der Waals surface area contributed by atoms with E-state index in [-0.39, 0.29) is 6.54 Å². The second-order valence-corrected chi connectivity index (χ2v) is 8.52. The Morgan fingerprint density at radius 1 is 1.27 bits per heavy atom. The largest absolute Gasteiger partial charge is 0.458 e. The average molecular weight is 425 g/mol. The minimum absolute atomic E-state index is 0.137. The van der Waals surface area contributed by atoms with Crippen LogP contribution in [0, 0.1) is 0 Å². The van der Waals surface area contributed by atoms with E-state index in [9.17, 15) is 14.4 Å². The molecule has 0 bridgehead atoms. The fourth-order valence-electron chi connectivity index (χ4n) is 2.75. The van der Waals surface area contributed by atoms with E-state index in [1.165, 1.54) is 4.90 Å². The summed E-state index contributed by atoms with van der Waals surface area (Å²) in [6, 6.07) is 8.40. The third-order valence-corrected chi connectivity index (χ3v) is 4.85. The Labute approximate surface area is 162 Å². The molecule has 2 atom stereocenters. The van der Waals surface area contributed by atoms with Crippen LogP contribution in [0.15, 0.2) is 30.3 Å². The highest BCUT2D eigenvalue weighted by Gasteiger charge is 2.46. The molecule has 7 heteroatoms. The summed E-state index contributed by atoms with van der Waals surface area (Å²) in [4.78, 5) is 39.5. The van der Waals surface area contributed by atoms with E-state index in [1.54, 1.807) is 27.8 Å². The summed E-state index contributed by atoms with van der Waals surface area (Å²) >= 11 is 3.38. The van der Waals surface area contributed by atoms with E-state index >= 15 is 0 Å². The normalized spacial score (nSPS) is 18.8. The van der Waals surface area contributed by atoms with Gasteiger partial charge in [0.05, 0.1) is 11.4 Å². The van der Waals surface area contributed by atoms with E-state index in [1.807, 2.05) is 30.3 Å². The van der Waals surface area contributed by atoms with Gasteiger partial charge in [-0.1, -0.05) is 46.3 Å².